The molecule has 0 aliphatic carbocycles. The van der Waals surface area contributed by atoms with Crippen LogP contribution in [0.2, 0.25) is 0 Å². The van der Waals surface area contributed by atoms with Gasteiger partial charge in [0.2, 0.25) is 5.88 Å². The minimum absolute atomic E-state index is 0.0750. The molecule has 2 aromatic heterocycles. The monoisotopic (exact) mass is 398 g/mol. The summed E-state index contributed by atoms with van der Waals surface area (Å²) in [5.74, 6) is 0.704. The Kier molecular flexibility index (Phi) is 6.99. The third-order valence-electron chi connectivity index (χ3n) is 4.65. The van der Waals surface area contributed by atoms with Gasteiger partial charge in [-0.3, -0.25) is 4.79 Å². The smallest absolute Gasteiger partial charge is 0.339 e. The van der Waals surface area contributed by atoms with Crippen molar-refractivity contribution in [3.8, 4) is 5.88 Å². The molecule has 0 atom stereocenters. The van der Waals surface area contributed by atoms with Gasteiger partial charge in [0.1, 0.15) is 11.4 Å². The third kappa shape index (κ3) is 5.01. The summed E-state index contributed by atoms with van der Waals surface area (Å²) in [7, 11) is 0. The highest BCUT2D eigenvalue weighted by Crippen LogP contribution is 2.20. The van der Waals surface area contributed by atoms with Crippen LogP contribution in [0.15, 0.2) is 36.7 Å². The molecule has 1 aliphatic heterocycles. The van der Waals surface area contributed by atoms with Crippen molar-refractivity contribution in [2.75, 3.05) is 44.3 Å². The molecular weight excluding hydrogens is 372 g/mol. The molecule has 154 valence electrons. The first-order valence-corrected chi connectivity index (χ1v) is 9.89. The fraction of sp³-hybridized carbons (Fsp3) is 0.429. The van der Waals surface area contributed by atoms with Gasteiger partial charge in [0.15, 0.2) is 0 Å². The van der Waals surface area contributed by atoms with Crippen molar-refractivity contribution in [3.05, 3.63) is 47.8 Å². The Morgan fingerprint density at radius 3 is 2.62 bits per heavy atom. The molecule has 8 heteroatoms. The van der Waals surface area contributed by atoms with Crippen molar-refractivity contribution >= 4 is 17.7 Å². The average molecular weight is 398 g/mol. The first-order valence-electron chi connectivity index (χ1n) is 9.89. The maximum absolute atomic E-state index is 13.0. The second-order valence-corrected chi connectivity index (χ2v) is 6.55. The van der Waals surface area contributed by atoms with Crippen molar-refractivity contribution in [2.45, 2.75) is 20.3 Å². The van der Waals surface area contributed by atoms with E-state index in [1.54, 1.807) is 31.3 Å². The zero-order valence-corrected chi connectivity index (χ0v) is 16.8. The number of hydrogen-bond acceptors (Lipinski definition) is 7. The molecule has 0 radical (unpaired) electrons. The standard InChI is InChI=1S/C21H26N4O4/c1-3-28-19-17(7-5-10-22-19)20(26)25-12-6-11-24(13-14-25)18-9-8-16(15-23-18)21(27)29-4-2/h5,7-10,15H,3-4,6,11-14H2,1-2H3. The SMILES string of the molecule is CCOC(=O)c1ccc(N2CCCN(C(=O)c3cccnc3OCC)CC2)nc1. The maximum Gasteiger partial charge on any atom is 0.339 e. The summed E-state index contributed by atoms with van der Waals surface area (Å²) in [5.41, 5.74) is 0.918. The third-order valence-corrected chi connectivity index (χ3v) is 4.65. The molecule has 0 aromatic carbocycles. The van der Waals surface area contributed by atoms with Gasteiger partial charge in [-0.1, -0.05) is 0 Å². The molecule has 0 N–H and O–H groups in total. The van der Waals surface area contributed by atoms with E-state index < -0.39 is 0 Å². The highest BCUT2D eigenvalue weighted by atomic mass is 16.5. The van der Waals surface area contributed by atoms with Gasteiger partial charge in [0.25, 0.3) is 5.91 Å². The molecule has 3 rings (SSSR count). The number of carbonyl (C=O) groups excluding carboxylic acids is 2. The van der Waals surface area contributed by atoms with Gasteiger partial charge in [-0.05, 0) is 44.5 Å². The molecule has 1 aliphatic rings. The van der Waals surface area contributed by atoms with E-state index in [4.69, 9.17) is 9.47 Å². The Morgan fingerprint density at radius 1 is 1.03 bits per heavy atom. The van der Waals surface area contributed by atoms with Crippen molar-refractivity contribution in [1.29, 1.82) is 0 Å². The predicted molar refractivity (Wildman–Crippen MR) is 108 cm³/mol. The number of aromatic nitrogens is 2. The summed E-state index contributed by atoms with van der Waals surface area (Å²) in [5, 5.41) is 0. The maximum atomic E-state index is 13.0. The highest BCUT2D eigenvalue weighted by molar-refractivity contribution is 5.96. The van der Waals surface area contributed by atoms with Crippen LogP contribution in [0, 0.1) is 0 Å². The largest absolute Gasteiger partial charge is 0.477 e. The molecule has 1 amide bonds. The van der Waals surface area contributed by atoms with Crippen LogP contribution in [0.1, 0.15) is 41.0 Å². The van der Waals surface area contributed by atoms with E-state index in [-0.39, 0.29) is 11.9 Å². The molecule has 2 aromatic rings. The van der Waals surface area contributed by atoms with E-state index in [0.717, 1.165) is 18.8 Å². The minimum atomic E-state index is -0.374. The van der Waals surface area contributed by atoms with Crippen LogP contribution in [-0.2, 0) is 4.74 Å². The fourth-order valence-electron chi connectivity index (χ4n) is 3.23. The van der Waals surface area contributed by atoms with Crippen LogP contribution in [0.25, 0.3) is 0 Å². The number of carbonyl (C=O) groups is 2. The number of rotatable bonds is 6. The second kappa shape index (κ2) is 9.86. The lowest BCUT2D eigenvalue weighted by molar-refractivity contribution is 0.0525. The zero-order chi connectivity index (χ0) is 20.6. The Bertz CT molecular complexity index is 841. The molecule has 1 saturated heterocycles. The van der Waals surface area contributed by atoms with E-state index in [0.29, 0.717) is 49.9 Å². The van der Waals surface area contributed by atoms with Crippen LogP contribution in [-0.4, -0.2) is 66.1 Å². The van der Waals surface area contributed by atoms with Gasteiger partial charge < -0.3 is 19.3 Å². The van der Waals surface area contributed by atoms with Crippen molar-refractivity contribution in [3.63, 3.8) is 0 Å². The molecule has 1 fully saturated rings. The predicted octanol–water partition coefficient (Wildman–Crippen LogP) is 2.40. The summed E-state index contributed by atoms with van der Waals surface area (Å²) in [6, 6.07) is 7.03. The van der Waals surface area contributed by atoms with Gasteiger partial charge in [-0.15, -0.1) is 0 Å². The summed E-state index contributed by atoms with van der Waals surface area (Å²) in [4.78, 5) is 37.3. The number of amides is 1. The van der Waals surface area contributed by atoms with Gasteiger partial charge in [-0.25, -0.2) is 14.8 Å². The summed E-state index contributed by atoms with van der Waals surface area (Å²) >= 11 is 0. The summed E-state index contributed by atoms with van der Waals surface area (Å²) in [6.45, 7) is 7.08. The van der Waals surface area contributed by atoms with Crippen LogP contribution < -0.4 is 9.64 Å². The number of anilines is 1. The van der Waals surface area contributed by atoms with Crippen LogP contribution in [0.5, 0.6) is 5.88 Å². The van der Waals surface area contributed by atoms with Crippen molar-refractivity contribution in [2.24, 2.45) is 0 Å². The van der Waals surface area contributed by atoms with Crippen LogP contribution in [0.4, 0.5) is 5.82 Å². The van der Waals surface area contributed by atoms with Gasteiger partial charge in [-0.2, -0.15) is 0 Å². The molecule has 0 saturated carbocycles. The minimum Gasteiger partial charge on any atom is -0.477 e. The number of nitrogens with zero attached hydrogens (tertiary/aromatic N) is 4. The van der Waals surface area contributed by atoms with Gasteiger partial charge >= 0.3 is 5.97 Å². The molecule has 3 heterocycles. The highest BCUT2D eigenvalue weighted by Gasteiger charge is 2.24. The van der Waals surface area contributed by atoms with Crippen LogP contribution in [0.3, 0.4) is 0 Å². The molecule has 0 spiro atoms. The Balaban J connectivity index is 1.66. The number of hydrogen-bond donors (Lipinski definition) is 0. The Morgan fingerprint density at radius 2 is 1.90 bits per heavy atom. The zero-order valence-electron chi connectivity index (χ0n) is 16.8. The molecular formula is C21H26N4O4. The first-order chi connectivity index (χ1) is 14.1. The molecule has 0 unspecified atom stereocenters. The number of ether oxygens (including phenoxy) is 2. The fourth-order valence-corrected chi connectivity index (χ4v) is 3.23. The number of esters is 1. The first kappa shape index (κ1) is 20.6. The lowest BCUT2D eigenvalue weighted by Gasteiger charge is -2.23. The Hall–Kier alpha value is -3.16. The van der Waals surface area contributed by atoms with Crippen molar-refractivity contribution in [1.82, 2.24) is 14.9 Å². The van der Waals surface area contributed by atoms with E-state index in [9.17, 15) is 9.59 Å². The lowest BCUT2D eigenvalue weighted by Crippen LogP contribution is -2.35. The van der Waals surface area contributed by atoms with Gasteiger partial charge in [0.05, 0.1) is 18.8 Å². The van der Waals surface area contributed by atoms with Crippen LogP contribution >= 0.6 is 0 Å². The molecule has 0 bridgehead atoms. The summed E-state index contributed by atoms with van der Waals surface area (Å²) in [6.07, 6.45) is 3.97. The lowest BCUT2D eigenvalue weighted by atomic mass is 10.2. The van der Waals surface area contributed by atoms with E-state index in [2.05, 4.69) is 14.9 Å². The normalized spacial score (nSPS) is 14.3. The quantitative estimate of drug-likeness (QED) is 0.691. The second-order valence-electron chi connectivity index (χ2n) is 6.55. The van der Waals surface area contributed by atoms with E-state index in [1.165, 1.54) is 6.20 Å². The van der Waals surface area contributed by atoms with Crippen molar-refractivity contribution < 1.29 is 19.1 Å². The topological polar surface area (TPSA) is 84.9 Å². The molecule has 8 nitrogen and oxygen atoms in total. The number of pyridine rings is 2. The average Bonchev–Trinajstić information content (AvgIpc) is 3.00. The summed E-state index contributed by atoms with van der Waals surface area (Å²) < 4.78 is 10.5. The Labute approximate surface area is 170 Å². The molecule has 29 heavy (non-hydrogen) atoms. The van der Waals surface area contributed by atoms with E-state index >= 15 is 0 Å². The van der Waals surface area contributed by atoms with Gasteiger partial charge in [0, 0.05) is 38.6 Å². The van der Waals surface area contributed by atoms with E-state index in [1.807, 2.05) is 17.9 Å².